The van der Waals surface area contributed by atoms with Crippen molar-refractivity contribution in [1.29, 1.82) is 0 Å². The summed E-state index contributed by atoms with van der Waals surface area (Å²) >= 11 is 0. The van der Waals surface area contributed by atoms with Crippen LogP contribution < -0.4 is 10.1 Å². The molecule has 1 atom stereocenters. The lowest BCUT2D eigenvalue weighted by Gasteiger charge is -2.26. The van der Waals surface area contributed by atoms with Gasteiger partial charge in [-0.15, -0.1) is 0 Å². The third-order valence-corrected chi connectivity index (χ3v) is 3.58. The van der Waals surface area contributed by atoms with Crippen LogP contribution in [0.1, 0.15) is 32.3 Å². The van der Waals surface area contributed by atoms with Crippen molar-refractivity contribution in [2.75, 3.05) is 19.7 Å². The fourth-order valence-corrected chi connectivity index (χ4v) is 1.93. The van der Waals surface area contributed by atoms with Crippen LogP contribution >= 0.6 is 0 Å². The van der Waals surface area contributed by atoms with Gasteiger partial charge in [-0.25, -0.2) is 0 Å². The average Bonchev–Trinajstić information content (AvgIpc) is 2.45. The first kappa shape index (κ1) is 17.0. The monoisotopic (exact) mass is 281 g/mol. The maximum atomic E-state index is 10.1. The summed E-state index contributed by atoms with van der Waals surface area (Å²) in [6, 6.07) is 7.74. The summed E-state index contributed by atoms with van der Waals surface area (Å²) in [6.07, 6.45) is 0.812. The van der Waals surface area contributed by atoms with Gasteiger partial charge in [-0.3, -0.25) is 0 Å². The van der Waals surface area contributed by atoms with Crippen molar-refractivity contribution in [2.24, 2.45) is 0 Å². The number of benzene rings is 1. The first-order valence-corrected chi connectivity index (χ1v) is 7.29. The maximum Gasteiger partial charge on any atom is 0.119 e. The van der Waals surface area contributed by atoms with Crippen molar-refractivity contribution >= 4 is 0 Å². The number of rotatable bonds is 9. The number of aliphatic hydroxyl groups is 2. The minimum Gasteiger partial charge on any atom is -0.491 e. The van der Waals surface area contributed by atoms with E-state index in [9.17, 15) is 10.2 Å². The van der Waals surface area contributed by atoms with Gasteiger partial charge in [0.2, 0.25) is 0 Å². The fourth-order valence-electron chi connectivity index (χ4n) is 1.93. The van der Waals surface area contributed by atoms with Gasteiger partial charge in [-0.1, -0.05) is 26.0 Å². The summed E-state index contributed by atoms with van der Waals surface area (Å²) in [5, 5.41) is 23.1. The number of nitrogens with one attached hydrogen (secondary N) is 1. The summed E-state index contributed by atoms with van der Waals surface area (Å²) in [7, 11) is 0. The van der Waals surface area contributed by atoms with E-state index in [0.717, 1.165) is 11.3 Å². The number of ether oxygens (including phenoxy) is 1. The Bertz CT molecular complexity index is 391. The van der Waals surface area contributed by atoms with Crippen molar-refractivity contribution in [2.45, 2.75) is 45.3 Å². The lowest BCUT2D eigenvalue weighted by molar-refractivity contribution is 0.0270. The van der Waals surface area contributed by atoms with E-state index in [0.29, 0.717) is 25.9 Å². The molecule has 4 nitrogen and oxygen atoms in total. The van der Waals surface area contributed by atoms with Gasteiger partial charge in [-0.05, 0) is 37.5 Å². The Morgan fingerprint density at radius 2 is 2.00 bits per heavy atom. The standard InChI is InChI=1S/C16H27NO3/c1-4-16(19,5-2)12-17-10-14(18)11-20-15-8-6-7-13(3)9-15/h6-9,14,17-19H,4-5,10-12H2,1-3H3. The molecular weight excluding hydrogens is 254 g/mol. The SMILES string of the molecule is CCC(O)(CC)CNCC(O)COc1cccc(C)c1. The minimum atomic E-state index is -0.683. The van der Waals surface area contributed by atoms with Gasteiger partial charge >= 0.3 is 0 Å². The van der Waals surface area contributed by atoms with Crippen molar-refractivity contribution in [1.82, 2.24) is 5.32 Å². The second kappa shape index (κ2) is 8.25. The Balaban J connectivity index is 2.25. The van der Waals surface area contributed by atoms with Gasteiger partial charge in [0.1, 0.15) is 18.5 Å². The van der Waals surface area contributed by atoms with Crippen molar-refractivity contribution < 1.29 is 14.9 Å². The van der Waals surface area contributed by atoms with Gasteiger partial charge in [0.15, 0.2) is 0 Å². The number of aryl methyl sites for hydroxylation is 1. The summed E-state index contributed by atoms with van der Waals surface area (Å²) in [6.45, 7) is 7.06. The van der Waals surface area contributed by atoms with Crippen LogP contribution in [0, 0.1) is 6.92 Å². The first-order valence-electron chi connectivity index (χ1n) is 7.29. The van der Waals surface area contributed by atoms with Gasteiger partial charge in [-0.2, -0.15) is 0 Å². The molecule has 0 radical (unpaired) electrons. The highest BCUT2D eigenvalue weighted by molar-refractivity contribution is 5.27. The zero-order valence-corrected chi connectivity index (χ0v) is 12.7. The highest BCUT2D eigenvalue weighted by Crippen LogP contribution is 2.13. The van der Waals surface area contributed by atoms with Crippen LogP contribution in [-0.2, 0) is 0 Å². The Hall–Kier alpha value is -1.10. The average molecular weight is 281 g/mol. The third-order valence-electron chi connectivity index (χ3n) is 3.58. The quantitative estimate of drug-likeness (QED) is 0.647. The normalized spacial score (nSPS) is 13.2. The van der Waals surface area contributed by atoms with Crippen LogP contribution in [0.2, 0.25) is 0 Å². The summed E-state index contributed by atoms with van der Waals surface area (Å²) in [4.78, 5) is 0. The molecule has 1 rings (SSSR count). The lowest BCUT2D eigenvalue weighted by atomic mass is 9.97. The molecule has 0 spiro atoms. The molecule has 3 N–H and O–H groups in total. The second-order valence-corrected chi connectivity index (χ2v) is 5.34. The Kier molecular flexibility index (Phi) is 6.99. The molecule has 0 saturated heterocycles. The van der Waals surface area contributed by atoms with E-state index >= 15 is 0 Å². The molecule has 0 fully saturated rings. The van der Waals surface area contributed by atoms with Crippen molar-refractivity contribution in [3.63, 3.8) is 0 Å². The molecule has 0 aliphatic heterocycles. The molecule has 0 bridgehead atoms. The molecule has 4 heteroatoms. The van der Waals surface area contributed by atoms with E-state index < -0.39 is 11.7 Å². The highest BCUT2D eigenvalue weighted by Gasteiger charge is 2.21. The van der Waals surface area contributed by atoms with Crippen molar-refractivity contribution in [3.8, 4) is 5.75 Å². The van der Waals surface area contributed by atoms with Crippen LogP contribution in [0.5, 0.6) is 5.75 Å². The molecule has 0 aromatic heterocycles. The molecule has 20 heavy (non-hydrogen) atoms. The Morgan fingerprint density at radius 1 is 1.30 bits per heavy atom. The molecular formula is C16H27NO3. The van der Waals surface area contributed by atoms with Crippen molar-refractivity contribution in [3.05, 3.63) is 29.8 Å². The van der Waals surface area contributed by atoms with Gasteiger partial charge in [0.25, 0.3) is 0 Å². The number of hydrogen-bond acceptors (Lipinski definition) is 4. The van der Waals surface area contributed by atoms with Crippen LogP contribution in [-0.4, -0.2) is 41.6 Å². The van der Waals surface area contributed by atoms with Gasteiger partial charge in [0.05, 0.1) is 5.60 Å². The van der Waals surface area contributed by atoms with Crippen LogP contribution in [0.15, 0.2) is 24.3 Å². The first-order chi connectivity index (χ1) is 9.49. The van der Waals surface area contributed by atoms with E-state index in [-0.39, 0.29) is 6.61 Å². The van der Waals surface area contributed by atoms with Crippen LogP contribution in [0.25, 0.3) is 0 Å². The summed E-state index contributed by atoms with van der Waals surface area (Å²) in [5.41, 5.74) is 0.447. The summed E-state index contributed by atoms with van der Waals surface area (Å²) in [5.74, 6) is 0.766. The highest BCUT2D eigenvalue weighted by atomic mass is 16.5. The predicted molar refractivity (Wildman–Crippen MR) is 81.1 cm³/mol. The maximum absolute atomic E-state index is 10.1. The van der Waals surface area contributed by atoms with E-state index in [4.69, 9.17) is 4.74 Å². The zero-order chi connectivity index (χ0) is 15.0. The number of aliphatic hydroxyl groups excluding tert-OH is 1. The van der Waals surface area contributed by atoms with Crippen LogP contribution in [0.3, 0.4) is 0 Å². The second-order valence-electron chi connectivity index (χ2n) is 5.34. The molecule has 1 aromatic carbocycles. The topological polar surface area (TPSA) is 61.7 Å². The van der Waals surface area contributed by atoms with Gasteiger partial charge in [0, 0.05) is 13.1 Å². The molecule has 114 valence electrons. The zero-order valence-electron chi connectivity index (χ0n) is 12.7. The molecule has 0 aliphatic rings. The number of hydrogen-bond donors (Lipinski definition) is 3. The van der Waals surface area contributed by atoms with E-state index in [2.05, 4.69) is 5.32 Å². The Labute approximate surface area is 121 Å². The minimum absolute atomic E-state index is 0.243. The largest absolute Gasteiger partial charge is 0.491 e. The van der Waals surface area contributed by atoms with E-state index in [1.165, 1.54) is 0 Å². The summed E-state index contributed by atoms with van der Waals surface area (Å²) < 4.78 is 5.53. The molecule has 0 heterocycles. The fraction of sp³-hybridized carbons (Fsp3) is 0.625. The molecule has 0 aliphatic carbocycles. The van der Waals surface area contributed by atoms with E-state index in [1.807, 2.05) is 45.0 Å². The Morgan fingerprint density at radius 3 is 2.60 bits per heavy atom. The smallest absolute Gasteiger partial charge is 0.119 e. The van der Waals surface area contributed by atoms with Crippen LogP contribution in [0.4, 0.5) is 0 Å². The van der Waals surface area contributed by atoms with E-state index in [1.54, 1.807) is 0 Å². The van der Waals surface area contributed by atoms with Gasteiger partial charge < -0.3 is 20.3 Å². The molecule has 0 saturated carbocycles. The molecule has 1 aromatic rings. The predicted octanol–water partition coefficient (Wildman–Crippen LogP) is 1.88. The lowest BCUT2D eigenvalue weighted by Crippen LogP contribution is -2.43. The molecule has 1 unspecified atom stereocenters. The molecule has 0 amide bonds. The third kappa shape index (κ3) is 5.90.